The smallest absolute Gasteiger partial charge is 0.374 e. The monoisotopic (exact) mass is 288 g/mol. The van der Waals surface area contributed by atoms with Gasteiger partial charge in [-0.1, -0.05) is 18.2 Å². The lowest BCUT2D eigenvalue weighted by molar-refractivity contribution is -0.141. The maximum absolute atomic E-state index is 13.9. The van der Waals surface area contributed by atoms with Gasteiger partial charge in [0.1, 0.15) is 5.82 Å². The lowest BCUT2D eigenvalue weighted by atomic mass is 9.87. The van der Waals surface area contributed by atoms with Crippen LogP contribution in [0.2, 0.25) is 0 Å². The molecule has 1 heterocycles. The third-order valence-corrected chi connectivity index (χ3v) is 3.66. The minimum absolute atomic E-state index is 0.00164. The van der Waals surface area contributed by atoms with Gasteiger partial charge in [-0.15, -0.1) is 6.58 Å². The van der Waals surface area contributed by atoms with Crippen LogP contribution in [0.3, 0.4) is 0 Å². The lowest BCUT2D eigenvalue weighted by Gasteiger charge is -2.29. The van der Waals surface area contributed by atoms with Crippen LogP contribution in [0.25, 0.3) is 0 Å². The SMILES string of the molecule is C=CC1CCC(c2ccc(C)c(F)c2C(F)(F)F)CO1. The molecule has 20 heavy (non-hydrogen) atoms. The quantitative estimate of drug-likeness (QED) is 0.571. The van der Waals surface area contributed by atoms with E-state index < -0.39 is 23.5 Å². The molecule has 0 radical (unpaired) electrons. The maximum Gasteiger partial charge on any atom is 0.419 e. The van der Waals surface area contributed by atoms with Gasteiger partial charge in [0.05, 0.1) is 18.3 Å². The van der Waals surface area contributed by atoms with Gasteiger partial charge < -0.3 is 4.74 Å². The molecular weight excluding hydrogens is 272 g/mol. The van der Waals surface area contributed by atoms with E-state index in [1.807, 2.05) is 0 Å². The molecule has 0 amide bonds. The molecule has 0 aromatic heterocycles. The molecule has 0 saturated carbocycles. The molecule has 1 aliphatic heterocycles. The molecule has 1 aromatic rings. The largest absolute Gasteiger partial charge is 0.419 e. The number of hydrogen-bond donors (Lipinski definition) is 0. The van der Waals surface area contributed by atoms with Gasteiger partial charge in [-0.3, -0.25) is 0 Å². The van der Waals surface area contributed by atoms with Gasteiger partial charge in [0.15, 0.2) is 0 Å². The summed E-state index contributed by atoms with van der Waals surface area (Å²) in [6.45, 7) is 5.09. The van der Waals surface area contributed by atoms with Crippen molar-refractivity contribution in [1.82, 2.24) is 0 Å². The summed E-state index contributed by atoms with van der Waals surface area (Å²) < 4.78 is 58.6. The summed E-state index contributed by atoms with van der Waals surface area (Å²) >= 11 is 0. The molecule has 0 spiro atoms. The Bertz CT molecular complexity index is 499. The van der Waals surface area contributed by atoms with Crippen LogP contribution in [-0.4, -0.2) is 12.7 Å². The lowest BCUT2D eigenvalue weighted by Crippen LogP contribution is -2.25. The molecule has 2 rings (SSSR count). The van der Waals surface area contributed by atoms with Gasteiger partial charge >= 0.3 is 6.18 Å². The highest BCUT2D eigenvalue weighted by Crippen LogP contribution is 2.40. The van der Waals surface area contributed by atoms with Gasteiger partial charge in [-0.25, -0.2) is 4.39 Å². The number of alkyl halides is 3. The van der Waals surface area contributed by atoms with Crippen molar-refractivity contribution in [3.63, 3.8) is 0 Å². The number of rotatable bonds is 2. The van der Waals surface area contributed by atoms with E-state index >= 15 is 0 Å². The van der Waals surface area contributed by atoms with Crippen LogP contribution in [-0.2, 0) is 10.9 Å². The summed E-state index contributed by atoms with van der Waals surface area (Å²) in [6.07, 6.45) is -2.06. The fraction of sp³-hybridized carbons (Fsp3) is 0.467. The highest BCUT2D eigenvalue weighted by Gasteiger charge is 2.39. The summed E-state index contributed by atoms with van der Waals surface area (Å²) in [5, 5.41) is 0. The molecule has 110 valence electrons. The van der Waals surface area contributed by atoms with E-state index in [-0.39, 0.29) is 23.8 Å². The first-order chi connectivity index (χ1) is 9.34. The van der Waals surface area contributed by atoms with Gasteiger partial charge in [0, 0.05) is 5.92 Å². The fourth-order valence-electron chi connectivity index (χ4n) is 2.53. The normalized spacial score (nSPS) is 23.6. The standard InChI is InChI=1S/C15H16F4O/c1-3-11-6-5-10(8-20-11)12-7-4-9(2)14(16)13(12)15(17,18)19/h3-4,7,10-11H,1,5-6,8H2,2H3. The molecular formula is C15H16F4O. The highest BCUT2D eigenvalue weighted by atomic mass is 19.4. The molecule has 1 aliphatic rings. The topological polar surface area (TPSA) is 9.23 Å². The summed E-state index contributed by atoms with van der Waals surface area (Å²) in [5.41, 5.74) is -1.16. The Morgan fingerprint density at radius 2 is 2.00 bits per heavy atom. The van der Waals surface area contributed by atoms with Crippen LogP contribution in [0.4, 0.5) is 17.6 Å². The molecule has 1 nitrogen and oxygen atoms in total. The number of hydrogen-bond acceptors (Lipinski definition) is 1. The van der Waals surface area contributed by atoms with Crippen molar-refractivity contribution in [2.45, 2.75) is 38.0 Å². The second kappa shape index (κ2) is 5.56. The number of benzene rings is 1. The van der Waals surface area contributed by atoms with E-state index in [4.69, 9.17) is 4.74 Å². The number of halogens is 4. The van der Waals surface area contributed by atoms with Crippen LogP contribution in [0.15, 0.2) is 24.8 Å². The van der Waals surface area contributed by atoms with Crippen LogP contribution in [0.1, 0.15) is 35.4 Å². The second-order valence-corrected chi connectivity index (χ2v) is 5.04. The zero-order valence-corrected chi connectivity index (χ0v) is 11.1. The van der Waals surface area contributed by atoms with Crippen LogP contribution < -0.4 is 0 Å². The first-order valence-electron chi connectivity index (χ1n) is 6.45. The van der Waals surface area contributed by atoms with Gasteiger partial charge in [-0.2, -0.15) is 13.2 Å². The van der Waals surface area contributed by atoms with Crippen molar-refractivity contribution >= 4 is 0 Å². The minimum atomic E-state index is -4.69. The minimum Gasteiger partial charge on any atom is -0.374 e. The van der Waals surface area contributed by atoms with Crippen molar-refractivity contribution in [3.8, 4) is 0 Å². The van der Waals surface area contributed by atoms with E-state index in [9.17, 15) is 17.6 Å². The molecule has 2 atom stereocenters. The maximum atomic E-state index is 13.9. The third kappa shape index (κ3) is 2.87. The summed E-state index contributed by atoms with van der Waals surface area (Å²) in [4.78, 5) is 0. The van der Waals surface area contributed by atoms with Gasteiger partial charge in [0.2, 0.25) is 0 Å². The Balaban J connectivity index is 2.37. The van der Waals surface area contributed by atoms with Crippen molar-refractivity contribution < 1.29 is 22.3 Å². The predicted octanol–water partition coefficient (Wildman–Crippen LogP) is 4.60. The first kappa shape index (κ1) is 15.0. The Hall–Kier alpha value is -1.36. The third-order valence-electron chi connectivity index (χ3n) is 3.66. The highest BCUT2D eigenvalue weighted by molar-refractivity contribution is 5.38. The van der Waals surface area contributed by atoms with E-state index in [1.54, 1.807) is 6.08 Å². The Labute approximate surface area is 115 Å². The Morgan fingerprint density at radius 1 is 1.30 bits per heavy atom. The molecule has 5 heteroatoms. The first-order valence-corrected chi connectivity index (χ1v) is 6.45. The van der Waals surface area contributed by atoms with E-state index in [1.165, 1.54) is 19.1 Å². The predicted molar refractivity (Wildman–Crippen MR) is 68.1 cm³/mol. The second-order valence-electron chi connectivity index (χ2n) is 5.04. The van der Waals surface area contributed by atoms with Crippen molar-refractivity contribution in [3.05, 3.63) is 47.3 Å². The molecule has 1 saturated heterocycles. The van der Waals surface area contributed by atoms with E-state index in [2.05, 4.69) is 6.58 Å². The summed E-state index contributed by atoms with van der Waals surface area (Å²) in [7, 11) is 0. The van der Waals surface area contributed by atoms with Crippen molar-refractivity contribution in [2.24, 2.45) is 0 Å². The fourth-order valence-corrected chi connectivity index (χ4v) is 2.53. The molecule has 0 N–H and O–H groups in total. The molecule has 0 bridgehead atoms. The van der Waals surface area contributed by atoms with Crippen LogP contribution in [0, 0.1) is 12.7 Å². The number of ether oxygens (including phenoxy) is 1. The average Bonchev–Trinajstić information content (AvgIpc) is 2.40. The van der Waals surface area contributed by atoms with E-state index in [0.717, 1.165) is 0 Å². The van der Waals surface area contributed by atoms with Crippen LogP contribution in [0.5, 0.6) is 0 Å². The molecule has 0 aliphatic carbocycles. The Kier molecular flexibility index (Phi) is 4.18. The van der Waals surface area contributed by atoms with Crippen molar-refractivity contribution in [2.75, 3.05) is 6.61 Å². The van der Waals surface area contributed by atoms with Crippen molar-refractivity contribution in [1.29, 1.82) is 0 Å². The van der Waals surface area contributed by atoms with Crippen LogP contribution >= 0.6 is 0 Å². The zero-order chi connectivity index (χ0) is 14.9. The van der Waals surface area contributed by atoms with Gasteiger partial charge in [0.25, 0.3) is 0 Å². The average molecular weight is 288 g/mol. The van der Waals surface area contributed by atoms with E-state index in [0.29, 0.717) is 12.8 Å². The summed E-state index contributed by atoms with van der Waals surface area (Å²) in [5.74, 6) is -1.61. The molecule has 2 unspecified atom stereocenters. The van der Waals surface area contributed by atoms with Gasteiger partial charge in [-0.05, 0) is 30.9 Å². The summed E-state index contributed by atoms with van der Waals surface area (Å²) in [6, 6.07) is 2.75. The number of aryl methyl sites for hydroxylation is 1. The molecule has 1 aromatic carbocycles. The Morgan fingerprint density at radius 3 is 2.50 bits per heavy atom. The molecule has 1 fully saturated rings. The zero-order valence-electron chi connectivity index (χ0n) is 11.1.